The lowest BCUT2D eigenvalue weighted by Gasteiger charge is -2.15. The number of aryl methyl sites for hydroxylation is 1. The molecule has 0 aromatic heterocycles. The van der Waals surface area contributed by atoms with E-state index in [1.165, 1.54) is 7.11 Å². The Morgan fingerprint density at radius 3 is 2.17 bits per heavy atom. The Labute approximate surface area is 179 Å². The van der Waals surface area contributed by atoms with Gasteiger partial charge in [0, 0.05) is 11.1 Å². The van der Waals surface area contributed by atoms with Crippen LogP contribution in [-0.2, 0) is 24.0 Å². The highest BCUT2D eigenvalue weighted by molar-refractivity contribution is 6.33. The van der Waals surface area contributed by atoms with Gasteiger partial charge in [-0.05, 0) is 47.6 Å². The second-order valence-corrected chi connectivity index (χ2v) is 7.40. The Kier molecular flexibility index (Phi) is 6.68. The van der Waals surface area contributed by atoms with Crippen molar-refractivity contribution in [2.75, 3.05) is 7.11 Å². The third-order valence-corrected chi connectivity index (χ3v) is 5.60. The maximum atomic E-state index is 12.1. The quantitative estimate of drug-likeness (QED) is 0.501. The number of hydrogen-bond donors (Lipinski definition) is 2. The molecule has 0 atom stereocenters. The number of carbonyl (C=O) groups excluding carboxylic acids is 1. The lowest BCUT2D eigenvalue weighted by atomic mass is 9.93. The van der Waals surface area contributed by atoms with Gasteiger partial charge in [0.1, 0.15) is 17.1 Å². The normalized spacial score (nSPS) is 10.7. The summed E-state index contributed by atoms with van der Waals surface area (Å²) in [5, 5.41) is 20.9. The van der Waals surface area contributed by atoms with E-state index in [1.54, 1.807) is 0 Å². The summed E-state index contributed by atoms with van der Waals surface area (Å²) in [5.74, 6) is -1.35. The summed E-state index contributed by atoms with van der Waals surface area (Å²) in [7, 11) is 1.23. The number of methoxy groups -OCH3 is 1. The summed E-state index contributed by atoms with van der Waals surface area (Å²) in [6, 6.07) is 16.7. The Balaban J connectivity index is 1.92. The fourth-order valence-electron chi connectivity index (χ4n) is 3.33. The zero-order valence-electron chi connectivity index (χ0n) is 15.8. The van der Waals surface area contributed by atoms with Gasteiger partial charge in [0.25, 0.3) is 0 Å². The van der Waals surface area contributed by atoms with Gasteiger partial charge in [-0.15, -0.1) is 0 Å². The molecule has 4 nitrogen and oxygen atoms in total. The molecule has 0 bridgehead atoms. The zero-order valence-corrected chi connectivity index (χ0v) is 17.3. The van der Waals surface area contributed by atoms with Gasteiger partial charge in [-0.2, -0.15) is 0 Å². The average Bonchev–Trinajstić information content (AvgIpc) is 2.71. The second-order valence-electron chi connectivity index (χ2n) is 6.61. The average molecular weight is 431 g/mol. The highest BCUT2D eigenvalue weighted by Crippen LogP contribution is 2.37. The van der Waals surface area contributed by atoms with Crippen molar-refractivity contribution in [3.8, 4) is 11.5 Å². The van der Waals surface area contributed by atoms with Crippen LogP contribution in [0.2, 0.25) is 10.0 Å². The molecule has 0 radical (unpaired) electrons. The van der Waals surface area contributed by atoms with Crippen LogP contribution in [0, 0.1) is 0 Å². The molecule has 29 heavy (non-hydrogen) atoms. The molecular weight excluding hydrogens is 411 g/mol. The molecule has 6 heteroatoms. The SMILES string of the molecule is COC(=O)c1c(O)cc(O)c(Cl)c1CCc1ccccc1Cc1ccccc1Cl. The van der Waals surface area contributed by atoms with Gasteiger partial charge < -0.3 is 14.9 Å². The summed E-state index contributed by atoms with van der Waals surface area (Å²) >= 11 is 12.5. The fourth-order valence-corrected chi connectivity index (χ4v) is 3.78. The standard InChI is InChI=1S/C23H20Cl2O4/c1-29-23(28)21-17(22(25)20(27)13-19(21)26)11-10-14-6-2-3-7-15(14)12-16-8-4-5-9-18(16)24/h2-9,13,26-27H,10-12H2,1H3. The monoisotopic (exact) mass is 430 g/mol. The van der Waals surface area contributed by atoms with Crippen LogP contribution >= 0.6 is 23.2 Å². The Hall–Kier alpha value is -2.69. The van der Waals surface area contributed by atoms with Gasteiger partial charge in [0.15, 0.2) is 0 Å². The van der Waals surface area contributed by atoms with Gasteiger partial charge >= 0.3 is 5.97 Å². The zero-order chi connectivity index (χ0) is 21.0. The molecule has 0 amide bonds. The van der Waals surface area contributed by atoms with E-state index >= 15 is 0 Å². The minimum Gasteiger partial charge on any atom is -0.507 e. The first-order valence-electron chi connectivity index (χ1n) is 9.04. The molecule has 3 aromatic rings. The molecule has 0 heterocycles. The Morgan fingerprint density at radius 2 is 1.52 bits per heavy atom. The van der Waals surface area contributed by atoms with Crippen LogP contribution in [0.25, 0.3) is 0 Å². The third kappa shape index (κ3) is 4.66. The molecule has 150 valence electrons. The van der Waals surface area contributed by atoms with Crippen LogP contribution < -0.4 is 0 Å². The van der Waals surface area contributed by atoms with Crippen LogP contribution in [0.3, 0.4) is 0 Å². The van der Waals surface area contributed by atoms with Gasteiger partial charge in [0.2, 0.25) is 0 Å². The number of esters is 1. The minimum atomic E-state index is -0.705. The maximum absolute atomic E-state index is 12.1. The van der Waals surface area contributed by atoms with Gasteiger partial charge in [-0.25, -0.2) is 4.79 Å². The van der Waals surface area contributed by atoms with Crippen molar-refractivity contribution in [3.05, 3.63) is 92.5 Å². The molecule has 0 saturated heterocycles. The van der Waals surface area contributed by atoms with Crippen molar-refractivity contribution in [1.82, 2.24) is 0 Å². The smallest absolute Gasteiger partial charge is 0.341 e. The number of aromatic hydroxyl groups is 2. The molecule has 3 aromatic carbocycles. The lowest BCUT2D eigenvalue weighted by Crippen LogP contribution is -2.09. The number of rotatable bonds is 6. The summed E-state index contributed by atoms with van der Waals surface area (Å²) < 4.78 is 4.77. The van der Waals surface area contributed by atoms with Gasteiger partial charge in [-0.3, -0.25) is 0 Å². The fraction of sp³-hybridized carbons (Fsp3) is 0.174. The van der Waals surface area contributed by atoms with Gasteiger partial charge in [0.05, 0.1) is 12.1 Å². The molecular formula is C23H20Cl2O4. The van der Waals surface area contributed by atoms with Crippen LogP contribution in [0.15, 0.2) is 54.6 Å². The summed E-state index contributed by atoms with van der Waals surface area (Å²) in [4.78, 5) is 12.1. The minimum absolute atomic E-state index is 0.0288. The topological polar surface area (TPSA) is 66.8 Å². The van der Waals surface area contributed by atoms with E-state index in [4.69, 9.17) is 27.9 Å². The lowest BCUT2D eigenvalue weighted by molar-refractivity contribution is 0.0596. The van der Waals surface area contributed by atoms with Crippen molar-refractivity contribution in [2.24, 2.45) is 0 Å². The molecule has 0 saturated carbocycles. The van der Waals surface area contributed by atoms with E-state index in [-0.39, 0.29) is 22.1 Å². The molecule has 0 unspecified atom stereocenters. The number of phenolic OH excluding ortho intramolecular Hbond substituents is 2. The van der Waals surface area contributed by atoms with Crippen LogP contribution in [-0.4, -0.2) is 23.3 Å². The highest BCUT2D eigenvalue weighted by atomic mass is 35.5. The van der Waals surface area contributed by atoms with Crippen molar-refractivity contribution < 1.29 is 19.7 Å². The van der Waals surface area contributed by atoms with Crippen molar-refractivity contribution >= 4 is 29.2 Å². The van der Waals surface area contributed by atoms with Gasteiger partial charge in [-0.1, -0.05) is 65.7 Å². The number of phenols is 2. The Morgan fingerprint density at radius 1 is 0.897 bits per heavy atom. The number of carbonyl (C=O) groups is 1. The molecule has 0 aliphatic heterocycles. The first-order chi connectivity index (χ1) is 13.9. The number of benzene rings is 3. The largest absolute Gasteiger partial charge is 0.507 e. The number of ether oxygens (including phenoxy) is 1. The predicted octanol–water partition coefficient (Wildman–Crippen LogP) is 5.57. The molecule has 2 N–H and O–H groups in total. The molecule has 0 fully saturated rings. The van der Waals surface area contributed by atoms with Crippen LogP contribution in [0.1, 0.15) is 32.6 Å². The summed E-state index contributed by atoms with van der Waals surface area (Å²) in [6.07, 6.45) is 1.55. The molecule has 0 aliphatic rings. The summed E-state index contributed by atoms with van der Waals surface area (Å²) in [6.45, 7) is 0. The van der Waals surface area contributed by atoms with Crippen LogP contribution in [0.5, 0.6) is 11.5 Å². The summed E-state index contributed by atoms with van der Waals surface area (Å²) in [5.41, 5.74) is 3.50. The van der Waals surface area contributed by atoms with Crippen LogP contribution in [0.4, 0.5) is 0 Å². The molecule has 0 aliphatic carbocycles. The third-order valence-electron chi connectivity index (χ3n) is 4.81. The van der Waals surface area contributed by atoms with E-state index in [2.05, 4.69) is 0 Å². The number of halogens is 2. The first kappa shape index (κ1) is 21.0. The Bertz CT molecular complexity index is 1050. The molecule has 0 spiro atoms. The first-order valence-corrected chi connectivity index (χ1v) is 9.79. The van der Waals surface area contributed by atoms with E-state index in [9.17, 15) is 15.0 Å². The predicted molar refractivity (Wildman–Crippen MR) is 114 cm³/mol. The van der Waals surface area contributed by atoms with Crippen molar-refractivity contribution in [1.29, 1.82) is 0 Å². The van der Waals surface area contributed by atoms with E-state index in [0.717, 1.165) is 22.8 Å². The highest BCUT2D eigenvalue weighted by Gasteiger charge is 2.23. The maximum Gasteiger partial charge on any atom is 0.341 e. The second kappa shape index (κ2) is 9.21. The molecule has 3 rings (SSSR count). The van der Waals surface area contributed by atoms with E-state index < -0.39 is 5.97 Å². The van der Waals surface area contributed by atoms with Crippen molar-refractivity contribution in [2.45, 2.75) is 19.3 Å². The van der Waals surface area contributed by atoms with E-state index in [1.807, 2.05) is 48.5 Å². The van der Waals surface area contributed by atoms with Crippen molar-refractivity contribution in [3.63, 3.8) is 0 Å². The number of hydrogen-bond acceptors (Lipinski definition) is 4. The van der Waals surface area contributed by atoms with E-state index in [0.29, 0.717) is 29.8 Å².